The minimum absolute atomic E-state index is 0.336. The van der Waals surface area contributed by atoms with Crippen molar-refractivity contribution in [3.63, 3.8) is 0 Å². The third-order valence-electron chi connectivity index (χ3n) is 2.90. The number of carbonyl (C=O) groups excluding carboxylic acids is 1. The standard InChI is InChI=1S/C13H16N2O2S/c1-8-10(12(16)17-2)4-3-5-11(8)15-13(18)14-9-6-7-9/h3-5,9H,6-7H2,1-2H3,(H2,14,15,18). The SMILES string of the molecule is COC(=O)c1cccc(NC(=S)NC2CC2)c1C. The Morgan fingerprint density at radius 1 is 1.44 bits per heavy atom. The number of anilines is 1. The predicted octanol–water partition coefficient (Wildman–Crippen LogP) is 2.23. The van der Waals surface area contributed by atoms with Crippen molar-refractivity contribution in [2.45, 2.75) is 25.8 Å². The van der Waals surface area contributed by atoms with Crippen LogP contribution in [-0.4, -0.2) is 24.2 Å². The molecule has 2 N–H and O–H groups in total. The van der Waals surface area contributed by atoms with E-state index in [-0.39, 0.29) is 5.97 Å². The first kappa shape index (κ1) is 12.8. The number of ether oxygens (including phenoxy) is 1. The summed E-state index contributed by atoms with van der Waals surface area (Å²) in [5.74, 6) is -0.336. The lowest BCUT2D eigenvalue weighted by atomic mass is 10.1. The lowest BCUT2D eigenvalue weighted by Gasteiger charge is -2.13. The fourth-order valence-electron chi connectivity index (χ4n) is 1.67. The highest BCUT2D eigenvalue weighted by atomic mass is 32.1. The van der Waals surface area contributed by atoms with Gasteiger partial charge in [-0.1, -0.05) is 6.07 Å². The third kappa shape index (κ3) is 2.98. The molecule has 0 aliphatic heterocycles. The molecule has 18 heavy (non-hydrogen) atoms. The highest BCUT2D eigenvalue weighted by molar-refractivity contribution is 7.80. The number of thiocarbonyl (C=S) groups is 1. The van der Waals surface area contributed by atoms with Crippen molar-refractivity contribution in [3.05, 3.63) is 29.3 Å². The second-order valence-corrected chi connectivity index (χ2v) is 4.75. The molecule has 0 atom stereocenters. The summed E-state index contributed by atoms with van der Waals surface area (Å²) in [4.78, 5) is 11.6. The monoisotopic (exact) mass is 264 g/mol. The molecule has 1 aliphatic rings. The van der Waals surface area contributed by atoms with Crippen molar-refractivity contribution in [2.24, 2.45) is 0 Å². The van der Waals surface area contributed by atoms with E-state index in [1.165, 1.54) is 20.0 Å². The summed E-state index contributed by atoms with van der Waals surface area (Å²) < 4.78 is 4.74. The average molecular weight is 264 g/mol. The van der Waals surface area contributed by atoms with E-state index in [4.69, 9.17) is 17.0 Å². The van der Waals surface area contributed by atoms with Gasteiger partial charge in [-0.05, 0) is 49.7 Å². The van der Waals surface area contributed by atoms with Crippen LogP contribution in [0.25, 0.3) is 0 Å². The number of carbonyl (C=O) groups is 1. The lowest BCUT2D eigenvalue weighted by Crippen LogP contribution is -2.30. The molecule has 1 fully saturated rings. The number of nitrogens with one attached hydrogen (secondary N) is 2. The van der Waals surface area contributed by atoms with Crippen LogP contribution in [0, 0.1) is 6.92 Å². The quantitative estimate of drug-likeness (QED) is 0.647. The average Bonchev–Trinajstić information content (AvgIpc) is 3.14. The van der Waals surface area contributed by atoms with Gasteiger partial charge in [0.25, 0.3) is 0 Å². The van der Waals surface area contributed by atoms with Gasteiger partial charge in [0.05, 0.1) is 12.7 Å². The molecule has 0 amide bonds. The van der Waals surface area contributed by atoms with Crippen LogP contribution in [0.3, 0.4) is 0 Å². The number of methoxy groups -OCH3 is 1. The zero-order chi connectivity index (χ0) is 13.1. The van der Waals surface area contributed by atoms with Crippen molar-refractivity contribution in [1.82, 2.24) is 5.32 Å². The zero-order valence-corrected chi connectivity index (χ0v) is 11.3. The molecule has 0 unspecified atom stereocenters. The minimum Gasteiger partial charge on any atom is -0.465 e. The maximum absolute atomic E-state index is 11.6. The molecule has 5 heteroatoms. The summed E-state index contributed by atoms with van der Waals surface area (Å²) in [5.41, 5.74) is 2.22. The molecule has 0 heterocycles. The lowest BCUT2D eigenvalue weighted by molar-refractivity contribution is 0.0600. The van der Waals surface area contributed by atoms with Crippen molar-refractivity contribution < 1.29 is 9.53 Å². The van der Waals surface area contributed by atoms with E-state index in [1.807, 2.05) is 13.0 Å². The minimum atomic E-state index is -0.336. The van der Waals surface area contributed by atoms with E-state index in [0.29, 0.717) is 16.7 Å². The molecule has 1 aliphatic carbocycles. The van der Waals surface area contributed by atoms with E-state index in [9.17, 15) is 4.79 Å². The van der Waals surface area contributed by atoms with E-state index in [0.717, 1.165) is 11.3 Å². The first-order valence-electron chi connectivity index (χ1n) is 5.87. The van der Waals surface area contributed by atoms with Crippen LogP contribution in [0.15, 0.2) is 18.2 Å². The topological polar surface area (TPSA) is 50.4 Å². The number of benzene rings is 1. The Morgan fingerprint density at radius 2 is 2.17 bits per heavy atom. The molecule has 0 aromatic heterocycles. The Balaban J connectivity index is 2.12. The van der Waals surface area contributed by atoms with Crippen LogP contribution in [0.4, 0.5) is 5.69 Å². The van der Waals surface area contributed by atoms with Gasteiger partial charge in [0.15, 0.2) is 5.11 Å². The first-order valence-corrected chi connectivity index (χ1v) is 6.28. The summed E-state index contributed by atoms with van der Waals surface area (Å²) in [6.07, 6.45) is 2.34. The highest BCUT2D eigenvalue weighted by Gasteiger charge is 2.22. The Hall–Kier alpha value is -1.62. The first-order chi connectivity index (χ1) is 8.61. The van der Waals surface area contributed by atoms with E-state index in [2.05, 4.69) is 10.6 Å². The van der Waals surface area contributed by atoms with Crippen LogP contribution in [0.1, 0.15) is 28.8 Å². The van der Waals surface area contributed by atoms with Crippen LogP contribution in [-0.2, 0) is 4.74 Å². The van der Waals surface area contributed by atoms with Gasteiger partial charge in [-0.3, -0.25) is 0 Å². The van der Waals surface area contributed by atoms with Crippen LogP contribution < -0.4 is 10.6 Å². The van der Waals surface area contributed by atoms with Gasteiger partial charge in [-0.25, -0.2) is 4.79 Å². The van der Waals surface area contributed by atoms with Gasteiger partial charge in [-0.2, -0.15) is 0 Å². The third-order valence-corrected chi connectivity index (χ3v) is 3.12. The molecule has 0 radical (unpaired) electrons. The Morgan fingerprint density at radius 3 is 2.78 bits per heavy atom. The summed E-state index contributed by atoms with van der Waals surface area (Å²) in [6.45, 7) is 1.87. The van der Waals surface area contributed by atoms with Gasteiger partial charge < -0.3 is 15.4 Å². The zero-order valence-electron chi connectivity index (χ0n) is 10.4. The maximum Gasteiger partial charge on any atom is 0.338 e. The van der Waals surface area contributed by atoms with Crippen molar-refractivity contribution >= 4 is 29.0 Å². The molecular formula is C13H16N2O2S. The molecular weight excluding hydrogens is 248 g/mol. The second-order valence-electron chi connectivity index (χ2n) is 4.34. The molecule has 4 nitrogen and oxygen atoms in total. The molecule has 0 spiro atoms. The number of hydrogen-bond donors (Lipinski definition) is 2. The van der Waals surface area contributed by atoms with E-state index < -0.39 is 0 Å². The van der Waals surface area contributed by atoms with Gasteiger partial charge in [0.1, 0.15) is 0 Å². The summed E-state index contributed by atoms with van der Waals surface area (Å²) in [7, 11) is 1.38. The highest BCUT2D eigenvalue weighted by Crippen LogP contribution is 2.21. The van der Waals surface area contributed by atoms with Gasteiger partial charge >= 0.3 is 5.97 Å². The summed E-state index contributed by atoms with van der Waals surface area (Å²) in [5, 5.41) is 6.91. The Labute approximate surface area is 112 Å². The van der Waals surface area contributed by atoms with Crippen molar-refractivity contribution in [2.75, 3.05) is 12.4 Å². The van der Waals surface area contributed by atoms with Crippen molar-refractivity contribution in [1.29, 1.82) is 0 Å². The summed E-state index contributed by atoms with van der Waals surface area (Å²) in [6, 6.07) is 5.95. The smallest absolute Gasteiger partial charge is 0.338 e. The van der Waals surface area contributed by atoms with Gasteiger partial charge in [0.2, 0.25) is 0 Å². The molecule has 0 bridgehead atoms. The fourth-order valence-corrected chi connectivity index (χ4v) is 1.95. The van der Waals surface area contributed by atoms with Gasteiger partial charge in [0, 0.05) is 11.7 Å². The molecule has 1 saturated carbocycles. The number of hydrogen-bond acceptors (Lipinski definition) is 3. The summed E-state index contributed by atoms with van der Waals surface area (Å²) >= 11 is 5.21. The predicted molar refractivity (Wildman–Crippen MR) is 74.9 cm³/mol. The second kappa shape index (κ2) is 5.35. The van der Waals surface area contributed by atoms with E-state index >= 15 is 0 Å². The molecule has 1 aromatic rings. The van der Waals surface area contributed by atoms with Crippen molar-refractivity contribution in [3.8, 4) is 0 Å². The maximum atomic E-state index is 11.6. The largest absolute Gasteiger partial charge is 0.465 e. The van der Waals surface area contributed by atoms with Crippen LogP contribution in [0.2, 0.25) is 0 Å². The number of esters is 1. The fraction of sp³-hybridized carbons (Fsp3) is 0.385. The van der Waals surface area contributed by atoms with Gasteiger partial charge in [-0.15, -0.1) is 0 Å². The Bertz CT molecular complexity index is 484. The van der Waals surface area contributed by atoms with Crippen LogP contribution >= 0.6 is 12.2 Å². The molecule has 96 valence electrons. The normalized spacial score (nSPS) is 13.9. The number of rotatable bonds is 3. The molecule has 2 rings (SSSR count). The van der Waals surface area contributed by atoms with E-state index in [1.54, 1.807) is 12.1 Å². The molecule has 0 saturated heterocycles. The Kier molecular flexibility index (Phi) is 3.81. The van der Waals surface area contributed by atoms with Crippen LogP contribution in [0.5, 0.6) is 0 Å². The molecule has 1 aromatic carbocycles.